The first-order valence-corrected chi connectivity index (χ1v) is 5.26. The molecule has 0 fully saturated rings. The van der Waals surface area contributed by atoms with E-state index in [2.05, 4.69) is 10.3 Å². The minimum Gasteiger partial charge on any atom is -0.364 e. The highest BCUT2D eigenvalue weighted by molar-refractivity contribution is 6.33. The molecule has 3 heterocycles. The van der Waals surface area contributed by atoms with Crippen molar-refractivity contribution >= 4 is 17.2 Å². The summed E-state index contributed by atoms with van der Waals surface area (Å²) in [5.74, 6) is 0. The maximum absolute atomic E-state index is 12.0. The van der Waals surface area contributed by atoms with Crippen LogP contribution < -0.4 is 5.69 Å². The molecule has 3 aromatic rings. The quantitative estimate of drug-likeness (QED) is 0.685. The lowest BCUT2D eigenvalue weighted by atomic mass is 10.4. The van der Waals surface area contributed by atoms with Gasteiger partial charge in [-0.3, -0.25) is 0 Å². The van der Waals surface area contributed by atoms with Gasteiger partial charge in [0.25, 0.3) is 0 Å². The van der Waals surface area contributed by atoms with Crippen LogP contribution in [0.15, 0.2) is 40.0 Å². The molecule has 0 amide bonds. The summed E-state index contributed by atoms with van der Waals surface area (Å²) in [6, 6.07) is 5.06. The van der Waals surface area contributed by atoms with Gasteiger partial charge in [-0.15, -0.1) is 5.10 Å². The van der Waals surface area contributed by atoms with Crippen molar-refractivity contribution in [2.75, 3.05) is 0 Å². The molecule has 3 aromatic heterocycles. The maximum atomic E-state index is 12.0. The largest absolute Gasteiger partial charge is 0.364 e. The van der Waals surface area contributed by atoms with Crippen LogP contribution >= 0.6 is 11.6 Å². The van der Waals surface area contributed by atoms with E-state index in [0.29, 0.717) is 16.4 Å². The Morgan fingerprint density at radius 3 is 3.00 bits per heavy atom. The van der Waals surface area contributed by atoms with E-state index in [1.165, 1.54) is 15.3 Å². The Bertz CT molecular complexity index is 714. The first kappa shape index (κ1) is 10.1. The van der Waals surface area contributed by atoms with Gasteiger partial charge in [0.1, 0.15) is 12.0 Å². The molecule has 6 nitrogen and oxygen atoms in total. The number of pyridine rings is 1. The molecule has 86 valence electrons. The van der Waals surface area contributed by atoms with Gasteiger partial charge in [0.05, 0.1) is 11.6 Å². The zero-order valence-electron chi connectivity index (χ0n) is 8.58. The van der Waals surface area contributed by atoms with Crippen molar-refractivity contribution in [3.05, 3.63) is 51.9 Å². The number of hydrogen-bond acceptors (Lipinski definition) is 4. The second-order valence-electron chi connectivity index (χ2n) is 3.48. The summed E-state index contributed by atoms with van der Waals surface area (Å²) in [6.45, 7) is 0.257. The van der Waals surface area contributed by atoms with Gasteiger partial charge in [-0.05, 0) is 12.1 Å². The van der Waals surface area contributed by atoms with E-state index in [-0.39, 0.29) is 12.2 Å². The molecule has 0 saturated carbocycles. The molecular weight excluding hydrogens is 244 g/mol. The van der Waals surface area contributed by atoms with Gasteiger partial charge < -0.3 is 4.52 Å². The Morgan fingerprint density at radius 1 is 1.41 bits per heavy atom. The van der Waals surface area contributed by atoms with Crippen molar-refractivity contribution in [3.63, 3.8) is 0 Å². The SMILES string of the molecule is O=c1n(Cc2ccon2)nc2c(Cl)cccn12. The molecule has 0 saturated heterocycles. The second-order valence-corrected chi connectivity index (χ2v) is 3.89. The van der Waals surface area contributed by atoms with Crippen molar-refractivity contribution in [2.45, 2.75) is 6.54 Å². The number of aromatic nitrogens is 4. The van der Waals surface area contributed by atoms with Crippen molar-refractivity contribution < 1.29 is 4.52 Å². The third-order valence-electron chi connectivity index (χ3n) is 2.36. The van der Waals surface area contributed by atoms with Crippen molar-refractivity contribution in [2.24, 2.45) is 0 Å². The Labute approximate surface area is 100 Å². The van der Waals surface area contributed by atoms with Crippen molar-refractivity contribution in [1.82, 2.24) is 19.3 Å². The molecule has 0 aliphatic heterocycles. The minimum atomic E-state index is -0.259. The molecular formula is C10H7ClN4O2. The minimum absolute atomic E-state index is 0.257. The number of hydrogen-bond donors (Lipinski definition) is 0. The molecule has 0 bridgehead atoms. The highest BCUT2D eigenvalue weighted by Gasteiger charge is 2.10. The summed E-state index contributed by atoms with van der Waals surface area (Å²) in [5, 5.41) is 8.30. The number of fused-ring (bicyclic) bond motifs is 1. The fourth-order valence-corrected chi connectivity index (χ4v) is 1.78. The van der Waals surface area contributed by atoms with E-state index in [4.69, 9.17) is 16.1 Å². The van der Waals surface area contributed by atoms with Crippen LogP contribution in [0.5, 0.6) is 0 Å². The van der Waals surface area contributed by atoms with Gasteiger partial charge in [0.15, 0.2) is 5.65 Å². The van der Waals surface area contributed by atoms with Gasteiger partial charge in [0, 0.05) is 12.3 Å². The lowest BCUT2D eigenvalue weighted by Crippen LogP contribution is -2.21. The third-order valence-corrected chi connectivity index (χ3v) is 2.66. The van der Waals surface area contributed by atoms with E-state index < -0.39 is 0 Å². The summed E-state index contributed by atoms with van der Waals surface area (Å²) in [7, 11) is 0. The Kier molecular flexibility index (Phi) is 2.22. The van der Waals surface area contributed by atoms with E-state index in [9.17, 15) is 4.79 Å². The topological polar surface area (TPSA) is 65.3 Å². The van der Waals surface area contributed by atoms with Crippen LogP contribution in [0.2, 0.25) is 5.02 Å². The zero-order valence-corrected chi connectivity index (χ0v) is 9.33. The average Bonchev–Trinajstić information content (AvgIpc) is 2.92. The first-order valence-electron chi connectivity index (χ1n) is 4.88. The smallest absolute Gasteiger partial charge is 0.350 e. The number of rotatable bonds is 2. The number of nitrogens with zero attached hydrogens (tertiary/aromatic N) is 4. The molecule has 0 aliphatic rings. The second kappa shape index (κ2) is 3.74. The van der Waals surface area contributed by atoms with Gasteiger partial charge in [-0.2, -0.15) is 0 Å². The first-order chi connectivity index (χ1) is 8.25. The van der Waals surface area contributed by atoms with E-state index >= 15 is 0 Å². The fourth-order valence-electron chi connectivity index (χ4n) is 1.58. The van der Waals surface area contributed by atoms with Crippen LogP contribution in [-0.2, 0) is 6.54 Å². The van der Waals surface area contributed by atoms with E-state index in [1.807, 2.05) is 0 Å². The highest BCUT2D eigenvalue weighted by Crippen LogP contribution is 2.12. The molecule has 3 rings (SSSR count). The Morgan fingerprint density at radius 2 is 2.29 bits per heavy atom. The zero-order chi connectivity index (χ0) is 11.8. The van der Waals surface area contributed by atoms with Crippen LogP contribution in [-0.4, -0.2) is 19.3 Å². The Balaban J connectivity index is 2.15. The van der Waals surface area contributed by atoms with Crippen LogP contribution in [0.4, 0.5) is 0 Å². The molecule has 0 aromatic carbocycles. The van der Waals surface area contributed by atoms with E-state index in [0.717, 1.165) is 0 Å². The maximum Gasteiger partial charge on any atom is 0.350 e. The molecule has 0 aliphatic carbocycles. The molecule has 0 atom stereocenters. The summed E-state index contributed by atoms with van der Waals surface area (Å²) in [6.07, 6.45) is 3.07. The number of halogens is 1. The Hall–Kier alpha value is -2.08. The average molecular weight is 251 g/mol. The fraction of sp³-hybridized carbons (Fsp3) is 0.100. The van der Waals surface area contributed by atoms with Crippen LogP contribution in [0.25, 0.3) is 5.65 Å². The van der Waals surface area contributed by atoms with Crippen LogP contribution in [0, 0.1) is 0 Å². The summed E-state index contributed by atoms with van der Waals surface area (Å²) in [5.41, 5.74) is 0.805. The molecule has 0 N–H and O–H groups in total. The molecule has 17 heavy (non-hydrogen) atoms. The summed E-state index contributed by atoms with van der Waals surface area (Å²) < 4.78 is 7.38. The normalized spacial score (nSPS) is 11.1. The highest BCUT2D eigenvalue weighted by atomic mass is 35.5. The predicted molar refractivity (Wildman–Crippen MR) is 60.1 cm³/mol. The molecule has 0 radical (unpaired) electrons. The van der Waals surface area contributed by atoms with Crippen LogP contribution in [0.3, 0.4) is 0 Å². The standard InChI is InChI=1S/C10H7ClN4O2/c11-8-2-1-4-14-9(8)12-15(10(14)16)6-7-3-5-17-13-7/h1-5H,6H2. The third kappa shape index (κ3) is 1.62. The molecule has 0 unspecified atom stereocenters. The van der Waals surface area contributed by atoms with Crippen molar-refractivity contribution in [3.8, 4) is 0 Å². The van der Waals surface area contributed by atoms with E-state index in [1.54, 1.807) is 24.4 Å². The lowest BCUT2D eigenvalue weighted by Gasteiger charge is -1.91. The predicted octanol–water partition coefficient (Wildman–Crippen LogP) is 1.19. The summed E-state index contributed by atoms with van der Waals surface area (Å²) >= 11 is 5.95. The van der Waals surface area contributed by atoms with Gasteiger partial charge in [-0.25, -0.2) is 13.9 Å². The van der Waals surface area contributed by atoms with Gasteiger partial charge >= 0.3 is 5.69 Å². The lowest BCUT2D eigenvalue weighted by molar-refractivity contribution is 0.407. The van der Waals surface area contributed by atoms with Gasteiger partial charge in [0.2, 0.25) is 0 Å². The monoisotopic (exact) mass is 250 g/mol. The van der Waals surface area contributed by atoms with Crippen LogP contribution in [0.1, 0.15) is 5.69 Å². The summed E-state index contributed by atoms with van der Waals surface area (Å²) in [4.78, 5) is 12.0. The van der Waals surface area contributed by atoms with Gasteiger partial charge in [-0.1, -0.05) is 16.8 Å². The molecule has 7 heteroatoms. The van der Waals surface area contributed by atoms with Crippen molar-refractivity contribution in [1.29, 1.82) is 0 Å². The molecule has 0 spiro atoms.